The lowest BCUT2D eigenvalue weighted by Crippen LogP contribution is -2.41. The van der Waals surface area contributed by atoms with Gasteiger partial charge in [0.25, 0.3) is 0 Å². The Kier molecular flexibility index (Phi) is 7.28. The first-order chi connectivity index (χ1) is 14.1. The summed E-state index contributed by atoms with van der Waals surface area (Å²) in [7, 11) is 1.77. The molecule has 6 heteroatoms. The molecule has 2 N–H and O–H groups in total. The third kappa shape index (κ3) is 6.38. The van der Waals surface area contributed by atoms with Crippen LogP contribution in [-0.2, 0) is 13.1 Å². The highest BCUT2D eigenvalue weighted by atomic mass is 16.5. The van der Waals surface area contributed by atoms with Crippen molar-refractivity contribution in [3.8, 4) is 5.75 Å². The van der Waals surface area contributed by atoms with Gasteiger partial charge in [0.2, 0.25) is 0 Å². The van der Waals surface area contributed by atoms with Gasteiger partial charge in [-0.2, -0.15) is 5.10 Å². The molecule has 0 aliphatic rings. The summed E-state index contributed by atoms with van der Waals surface area (Å²) in [6, 6.07) is 18.4. The summed E-state index contributed by atoms with van der Waals surface area (Å²) in [4.78, 5) is 4.32. The highest BCUT2D eigenvalue weighted by molar-refractivity contribution is 5.79. The van der Waals surface area contributed by atoms with Crippen molar-refractivity contribution in [2.24, 2.45) is 4.99 Å². The van der Waals surface area contributed by atoms with E-state index in [4.69, 9.17) is 4.74 Å². The number of hydrogen-bond acceptors (Lipinski definition) is 3. The van der Waals surface area contributed by atoms with Crippen molar-refractivity contribution in [1.29, 1.82) is 0 Å². The third-order valence-corrected chi connectivity index (χ3v) is 4.60. The molecule has 0 aliphatic carbocycles. The molecule has 1 heterocycles. The van der Waals surface area contributed by atoms with Gasteiger partial charge < -0.3 is 15.4 Å². The van der Waals surface area contributed by atoms with Gasteiger partial charge in [-0.05, 0) is 43.2 Å². The van der Waals surface area contributed by atoms with Crippen molar-refractivity contribution in [3.05, 3.63) is 83.7 Å². The van der Waals surface area contributed by atoms with Gasteiger partial charge in [-0.1, -0.05) is 42.0 Å². The van der Waals surface area contributed by atoms with Gasteiger partial charge in [-0.3, -0.25) is 9.67 Å². The van der Waals surface area contributed by atoms with Crippen molar-refractivity contribution in [2.75, 3.05) is 13.6 Å². The van der Waals surface area contributed by atoms with Gasteiger partial charge in [0, 0.05) is 26.0 Å². The molecule has 152 valence electrons. The van der Waals surface area contributed by atoms with E-state index in [0.29, 0.717) is 13.1 Å². The first kappa shape index (κ1) is 20.5. The fourth-order valence-electron chi connectivity index (χ4n) is 2.98. The Labute approximate surface area is 172 Å². The lowest BCUT2D eigenvalue weighted by Gasteiger charge is -2.18. The van der Waals surface area contributed by atoms with Crippen LogP contribution in [0.4, 0.5) is 0 Å². The molecule has 0 fully saturated rings. The first-order valence-corrected chi connectivity index (χ1v) is 9.86. The number of benzene rings is 2. The Balaban J connectivity index is 1.50. The normalized spacial score (nSPS) is 12.4. The molecule has 29 heavy (non-hydrogen) atoms. The quantitative estimate of drug-likeness (QED) is 0.456. The SMILES string of the molecule is CN=C(NCc1ccccc1Cn1cccn1)NCC(C)Oc1ccc(C)cc1. The molecule has 2 aromatic carbocycles. The average molecular weight is 392 g/mol. The van der Waals surface area contributed by atoms with Crippen LogP contribution in [-0.4, -0.2) is 35.4 Å². The number of aliphatic imine (C=N–C) groups is 1. The fourth-order valence-corrected chi connectivity index (χ4v) is 2.98. The minimum Gasteiger partial charge on any atom is -0.489 e. The summed E-state index contributed by atoms with van der Waals surface area (Å²) in [5.41, 5.74) is 3.67. The predicted octanol–water partition coefficient (Wildman–Crippen LogP) is 3.37. The second kappa shape index (κ2) is 10.3. The van der Waals surface area contributed by atoms with Crippen LogP contribution in [0.3, 0.4) is 0 Å². The Hall–Kier alpha value is -3.28. The zero-order valence-electron chi connectivity index (χ0n) is 17.3. The molecule has 3 aromatic rings. The fraction of sp³-hybridized carbons (Fsp3) is 0.304. The molecule has 0 saturated carbocycles. The van der Waals surface area contributed by atoms with E-state index < -0.39 is 0 Å². The van der Waals surface area contributed by atoms with E-state index in [1.165, 1.54) is 16.7 Å². The van der Waals surface area contributed by atoms with E-state index >= 15 is 0 Å². The minimum absolute atomic E-state index is 0.0170. The summed E-state index contributed by atoms with van der Waals surface area (Å²) in [6.45, 7) is 6.20. The maximum absolute atomic E-state index is 5.95. The van der Waals surface area contributed by atoms with E-state index in [1.54, 1.807) is 13.2 Å². The topological polar surface area (TPSA) is 63.5 Å². The molecule has 0 aliphatic heterocycles. The summed E-state index contributed by atoms with van der Waals surface area (Å²) >= 11 is 0. The van der Waals surface area contributed by atoms with Crippen molar-refractivity contribution in [1.82, 2.24) is 20.4 Å². The molecule has 1 atom stereocenters. The Morgan fingerprint density at radius 3 is 2.52 bits per heavy atom. The van der Waals surface area contributed by atoms with Crippen molar-refractivity contribution < 1.29 is 4.74 Å². The van der Waals surface area contributed by atoms with E-state index in [-0.39, 0.29) is 6.10 Å². The zero-order valence-corrected chi connectivity index (χ0v) is 17.3. The largest absolute Gasteiger partial charge is 0.489 e. The van der Waals surface area contributed by atoms with Crippen LogP contribution in [0.2, 0.25) is 0 Å². The van der Waals surface area contributed by atoms with Crippen molar-refractivity contribution in [2.45, 2.75) is 33.0 Å². The van der Waals surface area contributed by atoms with Crippen molar-refractivity contribution >= 4 is 5.96 Å². The molecule has 0 spiro atoms. The van der Waals surface area contributed by atoms with Crippen LogP contribution < -0.4 is 15.4 Å². The lowest BCUT2D eigenvalue weighted by molar-refractivity contribution is 0.224. The summed E-state index contributed by atoms with van der Waals surface area (Å²) in [5.74, 6) is 1.62. The number of ether oxygens (including phenoxy) is 1. The van der Waals surface area contributed by atoms with Gasteiger partial charge in [-0.25, -0.2) is 0 Å². The molecule has 1 unspecified atom stereocenters. The second-order valence-corrected chi connectivity index (χ2v) is 7.02. The van der Waals surface area contributed by atoms with Gasteiger partial charge in [0.15, 0.2) is 5.96 Å². The molecule has 0 radical (unpaired) electrons. The van der Waals surface area contributed by atoms with Crippen LogP contribution in [0.25, 0.3) is 0 Å². The van der Waals surface area contributed by atoms with Gasteiger partial charge in [-0.15, -0.1) is 0 Å². The molecule has 1 aromatic heterocycles. The highest BCUT2D eigenvalue weighted by Crippen LogP contribution is 2.13. The van der Waals surface area contributed by atoms with E-state index in [9.17, 15) is 0 Å². The van der Waals surface area contributed by atoms with Gasteiger partial charge in [0.1, 0.15) is 11.9 Å². The van der Waals surface area contributed by atoms with Crippen LogP contribution in [0.15, 0.2) is 72.0 Å². The highest BCUT2D eigenvalue weighted by Gasteiger charge is 2.07. The van der Waals surface area contributed by atoms with Crippen LogP contribution in [0.5, 0.6) is 5.75 Å². The standard InChI is InChI=1S/C23H29N5O/c1-18-9-11-22(12-10-18)29-19(2)15-25-23(24-3)26-16-20-7-4-5-8-21(20)17-28-14-6-13-27-28/h4-14,19H,15-17H2,1-3H3,(H2,24,25,26). The molecule has 6 nitrogen and oxygen atoms in total. The van der Waals surface area contributed by atoms with E-state index in [0.717, 1.165) is 18.3 Å². The molecule has 0 saturated heterocycles. The Morgan fingerprint density at radius 1 is 1.07 bits per heavy atom. The smallest absolute Gasteiger partial charge is 0.191 e. The number of nitrogens with one attached hydrogen (secondary N) is 2. The average Bonchev–Trinajstić information content (AvgIpc) is 3.24. The maximum Gasteiger partial charge on any atom is 0.191 e. The van der Waals surface area contributed by atoms with Gasteiger partial charge >= 0.3 is 0 Å². The Bertz CT molecular complexity index is 903. The second-order valence-electron chi connectivity index (χ2n) is 7.02. The molecular formula is C23H29N5O. The zero-order chi connectivity index (χ0) is 20.5. The molecule has 0 amide bonds. The summed E-state index contributed by atoms with van der Waals surface area (Å²) in [6.07, 6.45) is 3.79. The van der Waals surface area contributed by atoms with E-state index in [1.807, 2.05) is 36.0 Å². The number of guanidine groups is 1. The minimum atomic E-state index is 0.0170. The van der Waals surface area contributed by atoms with Crippen LogP contribution >= 0.6 is 0 Å². The molecule has 0 bridgehead atoms. The third-order valence-electron chi connectivity index (χ3n) is 4.60. The van der Waals surface area contributed by atoms with Crippen molar-refractivity contribution in [3.63, 3.8) is 0 Å². The first-order valence-electron chi connectivity index (χ1n) is 9.86. The maximum atomic E-state index is 5.95. The number of aromatic nitrogens is 2. The predicted molar refractivity (Wildman–Crippen MR) is 117 cm³/mol. The summed E-state index contributed by atoms with van der Waals surface area (Å²) in [5, 5.41) is 11.0. The molecular weight excluding hydrogens is 362 g/mol. The lowest BCUT2D eigenvalue weighted by atomic mass is 10.1. The van der Waals surface area contributed by atoms with E-state index in [2.05, 4.69) is 64.0 Å². The van der Waals surface area contributed by atoms with Crippen LogP contribution in [0, 0.1) is 6.92 Å². The van der Waals surface area contributed by atoms with Crippen LogP contribution in [0.1, 0.15) is 23.6 Å². The number of rotatable bonds is 8. The number of nitrogens with zero attached hydrogens (tertiary/aromatic N) is 3. The number of hydrogen-bond donors (Lipinski definition) is 2. The monoisotopic (exact) mass is 391 g/mol. The Morgan fingerprint density at radius 2 is 1.83 bits per heavy atom. The number of aryl methyl sites for hydroxylation is 1. The van der Waals surface area contributed by atoms with Gasteiger partial charge in [0.05, 0.1) is 13.1 Å². The summed E-state index contributed by atoms with van der Waals surface area (Å²) < 4.78 is 7.88. The molecule has 3 rings (SSSR count).